The highest BCUT2D eigenvalue weighted by Crippen LogP contribution is 2.24. The van der Waals surface area contributed by atoms with Crippen LogP contribution in [0.3, 0.4) is 0 Å². The Morgan fingerprint density at radius 1 is 0.838 bits per heavy atom. The summed E-state index contributed by atoms with van der Waals surface area (Å²) in [6.45, 7) is 6.08. The molecule has 3 rings (SSSR count). The predicted molar refractivity (Wildman–Crippen MR) is 146 cm³/mol. The van der Waals surface area contributed by atoms with Crippen molar-refractivity contribution in [2.45, 2.75) is 44.7 Å². The van der Waals surface area contributed by atoms with Crippen molar-refractivity contribution in [2.24, 2.45) is 5.92 Å². The summed E-state index contributed by atoms with van der Waals surface area (Å²) in [7, 11) is -4.04. The number of anilines is 1. The van der Waals surface area contributed by atoms with Crippen LogP contribution in [0.25, 0.3) is 0 Å². The molecule has 3 aromatic rings. The number of para-hydroxylation sites is 1. The zero-order valence-electron chi connectivity index (χ0n) is 21.6. The molecular weight excluding hydrogens is 486 g/mol. The van der Waals surface area contributed by atoms with Crippen molar-refractivity contribution in [3.63, 3.8) is 0 Å². The number of sulfonamides is 1. The van der Waals surface area contributed by atoms with Crippen molar-refractivity contribution in [2.75, 3.05) is 17.4 Å². The van der Waals surface area contributed by atoms with Gasteiger partial charge >= 0.3 is 0 Å². The molecule has 1 N–H and O–H groups in total. The minimum absolute atomic E-state index is 0.0861. The summed E-state index contributed by atoms with van der Waals surface area (Å²) >= 11 is 0. The van der Waals surface area contributed by atoms with Gasteiger partial charge in [-0.1, -0.05) is 87.5 Å². The van der Waals surface area contributed by atoms with E-state index in [0.29, 0.717) is 18.7 Å². The van der Waals surface area contributed by atoms with Gasteiger partial charge in [0.1, 0.15) is 12.6 Å². The van der Waals surface area contributed by atoms with Crippen LogP contribution in [0.2, 0.25) is 0 Å². The molecule has 2 amide bonds. The first-order chi connectivity index (χ1) is 17.7. The van der Waals surface area contributed by atoms with Crippen molar-refractivity contribution >= 4 is 27.5 Å². The van der Waals surface area contributed by atoms with Crippen molar-refractivity contribution in [3.8, 4) is 0 Å². The summed E-state index contributed by atoms with van der Waals surface area (Å²) in [5.41, 5.74) is 1.22. The lowest BCUT2D eigenvalue weighted by molar-refractivity contribution is -0.140. The third-order valence-corrected chi connectivity index (χ3v) is 7.71. The molecule has 37 heavy (non-hydrogen) atoms. The van der Waals surface area contributed by atoms with Crippen LogP contribution in [0.1, 0.15) is 32.8 Å². The van der Waals surface area contributed by atoms with E-state index in [1.165, 1.54) is 17.0 Å². The molecule has 0 saturated heterocycles. The zero-order chi connectivity index (χ0) is 26.8. The smallest absolute Gasteiger partial charge is 0.264 e. The molecule has 0 unspecified atom stereocenters. The monoisotopic (exact) mass is 521 g/mol. The normalized spacial score (nSPS) is 12.1. The second-order valence-corrected chi connectivity index (χ2v) is 11.1. The molecule has 1 atom stereocenters. The Bertz CT molecular complexity index is 1250. The van der Waals surface area contributed by atoms with Gasteiger partial charge in [0, 0.05) is 13.1 Å². The fraction of sp³-hybridized carbons (Fsp3) is 0.310. The SMILES string of the molecule is CC[C@@H](C(=O)NCC(C)C)N(Cc1ccccc1)C(=O)CN(c1ccccc1)S(=O)(=O)c1ccccc1. The summed E-state index contributed by atoms with van der Waals surface area (Å²) in [5.74, 6) is -0.458. The highest BCUT2D eigenvalue weighted by Gasteiger charge is 2.33. The molecule has 0 fully saturated rings. The van der Waals surface area contributed by atoms with E-state index in [-0.39, 0.29) is 23.3 Å². The fourth-order valence-electron chi connectivity index (χ4n) is 3.96. The number of carbonyl (C=O) groups is 2. The minimum Gasteiger partial charge on any atom is -0.354 e. The molecule has 0 aliphatic carbocycles. The molecule has 0 heterocycles. The maximum Gasteiger partial charge on any atom is 0.264 e. The van der Waals surface area contributed by atoms with Crippen LogP contribution in [0, 0.1) is 5.92 Å². The first-order valence-electron chi connectivity index (χ1n) is 12.5. The Kier molecular flexibility index (Phi) is 9.85. The number of carbonyl (C=O) groups excluding carboxylic acids is 2. The van der Waals surface area contributed by atoms with Crippen LogP contribution in [0.5, 0.6) is 0 Å². The van der Waals surface area contributed by atoms with Gasteiger partial charge in [0.2, 0.25) is 11.8 Å². The average molecular weight is 522 g/mol. The Balaban J connectivity index is 1.99. The lowest BCUT2D eigenvalue weighted by atomic mass is 10.1. The van der Waals surface area contributed by atoms with Crippen LogP contribution in [-0.4, -0.2) is 44.3 Å². The minimum atomic E-state index is -4.04. The molecule has 0 bridgehead atoms. The molecule has 3 aromatic carbocycles. The average Bonchev–Trinajstić information content (AvgIpc) is 2.91. The Morgan fingerprint density at radius 2 is 1.38 bits per heavy atom. The molecule has 0 spiro atoms. The number of hydrogen-bond donors (Lipinski definition) is 1. The summed E-state index contributed by atoms with van der Waals surface area (Å²) in [6, 6.07) is 25.2. The topological polar surface area (TPSA) is 86.8 Å². The number of amides is 2. The number of hydrogen-bond acceptors (Lipinski definition) is 4. The summed E-state index contributed by atoms with van der Waals surface area (Å²) < 4.78 is 28.5. The van der Waals surface area contributed by atoms with E-state index in [1.54, 1.807) is 48.5 Å². The van der Waals surface area contributed by atoms with Gasteiger partial charge in [-0.05, 0) is 42.2 Å². The number of nitrogens with one attached hydrogen (secondary N) is 1. The van der Waals surface area contributed by atoms with Gasteiger partial charge in [-0.15, -0.1) is 0 Å². The van der Waals surface area contributed by atoms with Crippen LogP contribution < -0.4 is 9.62 Å². The predicted octanol–water partition coefficient (Wildman–Crippen LogP) is 4.46. The highest BCUT2D eigenvalue weighted by molar-refractivity contribution is 7.92. The van der Waals surface area contributed by atoms with Gasteiger partial charge in [0.15, 0.2) is 0 Å². The van der Waals surface area contributed by atoms with Crippen LogP contribution >= 0.6 is 0 Å². The first kappa shape index (κ1) is 27.9. The fourth-order valence-corrected chi connectivity index (χ4v) is 5.40. The van der Waals surface area contributed by atoms with Crippen molar-refractivity contribution in [1.82, 2.24) is 10.2 Å². The number of nitrogens with zero attached hydrogens (tertiary/aromatic N) is 2. The quantitative estimate of drug-likeness (QED) is 0.381. The van der Waals surface area contributed by atoms with Crippen LogP contribution in [-0.2, 0) is 26.2 Å². The Hall–Kier alpha value is -3.65. The van der Waals surface area contributed by atoms with Crippen LogP contribution in [0.15, 0.2) is 95.9 Å². The van der Waals surface area contributed by atoms with Gasteiger partial charge in [-0.2, -0.15) is 0 Å². The van der Waals surface area contributed by atoms with E-state index < -0.39 is 28.5 Å². The molecule has 7 nitrogen and oxygen atoms in total. The molecule has 0 aromatic heterocycles. The van der Waals surface area contributed by atoms with Gasteiger partial charge in [0.25, 0.3) is 10.0 Å². The lowest BCUT2D eigenvalue weighted by Gasteiger charge is -2.33. The largest absolute Gasteiger partial charge is 0.354 e. The summed E-state index contributed by atoms with van der Waals surface area (Å²) in [6.07, 6.45) is 0.388. The summed E-state index contributed by atoms with van der Waals surface area (Å²) in [5, 5.41) is 2.93. The van der Waals surface area contributed by atoms with E-state index in [2.05, 4.69) is 5.32 Å². The number of rotatable bonds is 12. The highest BCUT2D eigenvalue weighted by atomic mass is 32.2. The first-order valence-corrected chi connectivity index (χ1v) is 13.9. The standard InChI is InChI=1S/C29H35N3O4S/c1-4-27(29(34)30-20-23(2)3)31(21-24-14-8-5-9-15-24)28(33)22-32(25-16-10-6-11-17-25)37(35,36)26-18-12-7-13-19-26/h5-19,23,27H,4,20-22H2,1-3H3,(H,30,34)/t27-/m0/s1. The van der Waals surface area contributed by atoms with Gasteiger partial charge in [0.05, 0.1) is 10.6 Å². The maximum atomic E-state index is 13.9. The molecule has 0 radical (unpaired) electrons. The van der Waals surface area contributed by atoms with Crippen molar-refractivity contribution in [3.05, 3.63) is 96.6 Å². The molecule has 0 saturated carbocycles. The van der Waals surface area contributed by atoms with E-state index >= 15 is 0 Å². The Morgan fingerprint density at radius 3 is 1.92 bits per heavy atom. The van der Waals surface area contributed by atoms with Crippen molar-refractivity contribution < 1.29 is 18.0 Å². The van der Waals surface area contributed by atoms with Gasteiger partial charge in [-0.3, -0.25) is 13.9 Å². The van der Waals surface area contributed by atoms with E-state index in [1.807, 2.05) is 51.1 Å². The molecular formula is C29H35N3O4S. The van der Waals surface area contributed by atoms with Gasteiger partial charge in [-0.25, -0.2) is 8.42 Å². The molecule has 8 heteroatoms. The van der Waals surface area contributed by atoms with Gasteiger partial charge < -0.3 is 10.2 Å². The van der Waals surface area contributed by atoms with E-state index in [9.17, 15) is 18.0 Å². The molecule has 0 aliphatic heterocycles. The maximum absolute atomic E-state index is 13.9. The van der Waals surface area contributed by atoms with E-state index in [4.69, 9.17) is 0 Å². The second kappa shape index (κ2) is 13.1. The number of benzene rings is 3. The summed E-state index contributed by atoms with van der Waals surface area (Å²) in [4.78, 5) is 28.6. The molecule has 196 valence electrons. The lowest BCUT2D eigenvalue weighted by Crippen LogP contribution is -2.52. The Labute approximate surface area is 220 Å². The van der Waals surface area contributed by atoms with E-state index in [0.717, 1.165) is 9.87 Å². The second-order valence-electron chi connectivity index (χ2n) is 9.23. The third kappa shape index (κ3) is 7.43. The van der Waals surface area contributed by atoms with Crippen molar-refractivity contribution in [1.29, 1.82) is 0 Å². The van der Waals surface area contributed by atoms with Crippen LogP contribution in [0.4, 0.5) is 5.69 Å². The molecule has 0 aliphatic rings. The third-order valence-electron chi connectivity index (χ3n) is 5.92. The zero-order valence-corrected chi connectivity index (χ0v) is 22.4.